The third-order valence-electron chi connectivity index (χ3n) is 2.82. The van der Waals surface area contributed by atoms with Gasteiger partial charge in [-0.25, -0.2) is 0 Å². The molecule has 0 aliphatic carbocycles. The Morgan fingerprint density at radius 1 is 1.69 bits per heavy atom. The number of nitrogens with zero attached hydrogens (tertiary/aromatic N) is 1. The van der Waals surface area contributed by atoms with Gasteiger partial charge in [0.1, 0.15) is 6.29 Å². The average molecular weight is 185 g/mol. The van der Waals surface area contributed by atoms with Crippen LogP contribution in [-0.4, -0.2) is 44.5 Å². The monoisotopic (exact) mass is 185 g/mol. The molecule has 2 atom stereocenters. The maximum absolute atomic E-state index is 10.4. The number of likely N-dealkylation sites (tertiary alicyclic amines) is 1. The maximum Gasteiger partial charge on any atom is 0.122 e. The first kappa shape index (κ1) is 10.7. The highest BCUT2D eigenvalue weighted by Gasteiger charge is 2.25. The van der Waals surface area contributed by atoms with Gasteiger partial charge in [0.2, 0.25) is 0 Å². The SMILES string of the molecule is COC(CC=O)C1CCCN(C)C1. The van der Waals surface area contributed by atoms with Crippen molar-refractivity contribution in [3.8, 4) is 0 Å². The van der Waals surface area contributed by atoms with Crippen molar-refractivity contribution in [1.29, 1.82) is 0 Å². The van der Waals surface area contributed by atoms with E-state index in [1.807, 2.05) is 0 Å². The lowest BCUT2D eigenvalue weighted by molar-refractivity contribution is -0.111. The molecule has 2 unspecified atom stereocenters. The third kappa shape index (κ3) is 3.08. The molecule has 0 saturated carbocycles. The minimum absolute atomic E-state index is 0.125. The predicted octanol–water partition coefficient (Wildman–Crippen LogP) is 0.932. The van der Waals surface area contributed by atoms with Gasteiger partial charge in [-0.2, -0.15) is 0 Å². The molecule has 1 aliphatic heterocycles. The van der Waals surface area contributed by atoms with Crippen molar-refractivity contribution in [3.05, 3.63) is 0 Å². The van der Waals surface area contributed by atoms with Gasteiger partial charge in [0.15, 0.2) is 0 Å². The Morgan fingerprint density at radius 2 is 2.46 bits per heavy atom. The molecular formula is C10H19NO2. The van der Waals surface area contributed by atoms with Gasteiger partial charge in [0.25, 0.3) is 0 Å². The molecule has 76 valence electrons. The molecule has 3 nitrogen and oxygen atoms in total. The van der Waals surface area contributed by atoms with E-state index in [1.165, 1.54) is 19.4 Å². The van der Waals surface area contributed by atoms with E-state index in [0.29, 0.717) is 12.3 Å². The lowest BCUT2D eigenvalue weighted by Gasteiger charge is -2.33. The summed E-state index contributed by atoms with van der Waals surface area (Å²) in [5.41, 5.74) is 0. The molecular weight excluding hydrogens is 166 g/mol. The molecule has 1 aliphatic rings. The van der Waals surface area contributed by atoms with Gasteiger partial charge in [-0.3, -0.25) is 0 Å². The summed E-state index contributed by atoms with van der Waals surface area (Å²) in [6, 6.07) is 0. The van der Waals surface area contributed by atoms with Crippen molar-refractivity contribution in [2.24, 2.45) is 5.92 Å². The van der Waals surface area contributed by atoms with Gasteiger partial charge in [0.05, 0.1) is 6.10 Å². The second-order valence-corrected chi connectivity index (χ2v) is 3.84. The zero-order valence-corrected chi connectivity index (χ0v) is 8.53. The van der Waals surface area contributed by atoms with Crippen molar-refractivity contribution in [2.45, 2.75) is 25.4 Å². The largest absolute Gasteiger partial charge is 0.381 e. The number of carbonyl (C=O) groups is 1. The highest BCUT2D eigenvalue weighted by Crippen LogP contribution is 2.21. The van der Waals surface area contributed by atoms with E-state index in [2.05, 4.69) is 11.9 Å². The fraction of sp³-hybridized carbons (Fsp3) is 0.900. The fourth-order valence-corrected chi connectivity index (χ4v) is 2.09. The molecule has 3 heteroatoms. The smallest absolute Gasteiger partial charge is 0.122 e. The summed E-state index contributed by atoms with van der Waals surface area (Å²) in [5, 5.41) is 0. The molecule has 1 fully saturated rings. The standard InChI is InChI=1S/C10H19NO2/c1-11-6-3-4-9(8-11)10(13-2)5-7-12/h7,9-10H,3-6,8H2,1-2H3. The minimum Gasteiger partial charge on any atom is -0.381 e. The Morgan fingerprint density at radius 3 is 3.00 bits per heavy atom. The van der Waals surface area contributed by atoms with Crippen LogP contribution in [0.2, 0.25) is 0 Å². The Kier molecular flexibility index (Phi) is 4.39. The van der Waals surface area contributed by atoms with Crippen LogP contribution in [0.1, 0.15) is 19.3 Å². The van der Waals surface area contributed by atoms with Crippen molar-refractivity contribution in [1.82, 2.24) is 4.90 Å². The normalized spacial score (nSPS) is 27.1. The summed E-state index contributed by atoms with van der Waals surface area (Å²) in [5.74, 6) is 0.536. The first-order chi connectivity index (χ1) is 6.27. The number of aldehydes is 1. The molecule has 0 bridgehead atoms. The van der Waals surface area contributed by atoms with E-state index in [9.17, 15) is 4.79 Å². The Balaban J connectivity index is 2.42. The number of piperidine rings is 1. The number of hydrogen-bond donors (Lipinski definition) is 0. The van der Waals surface area contributed by atoms with Gasteiger partial charge in [-0.15, -0.1) is 0 Å². The van der Waals surface area contributed by atoms with Gasteiger partial charge in [0, 0.05) is 20.1 Å². The Hall–Kier alpha value is -0.410. The van der Waals surface area contributed by atoms with Crippen molar-refractivity contribution in [3.63, 3.8) is 0 Å². The third-order valence-corrected chi connectivity index (χ3v) is 2.82. The van der Waals surface area contributed by atoms with Gasteiger partial charge in [-0.05, 0) is 32.4 Å². The highest BCUT2D eigenvalue weighted by molar-refractivity contribution is 5.50. The summed E-state index contributed by atoms with van der Waals surface area (Å²) in [6.45, 7) is 2.24. The number of rotatable bonds is 4. The molecule has 0 amide bonds. The van der Waals surface area contributed by atoms with Gasteiger partial charge in [-0.1, -0.05) is 0 Å². The quantitative estimate of drug-likeness (QED) is 0.610. The topological polar surface area (TPSA) is 29.5 Å². The second-order valence-electron chi connectivity index (χ2n) is 3.84. The van der Waals surface area contributed by atoms with Crippen LogP contribution in [-0.2, 0) is 9.53 Å². The average Bonchev–Trinajstić information content (AvgIpc) is 2.14. The second kappa shape index (κ2) is 5.35. The summed E-state index contributed by atoms with van der Waals surface area (Å²) >= 11 is 0. The van der Waals surface area contributed by atoms with Crippen LogP contribution in [0, 0.1) is 5.92 Å². The summed E-state index contributed by atoms with van der Waals surface area (Å²) in [4.78, 5) is 12.7. The molecule has 0 aromatic rings. The lowest BCUT2D eigenvalue weighted by atomic mass is 9.91. The summed E-state index contributed by atoms with van der Waals surface area (Å²) in [6.07, 6.45) is 4.04. The summed E-state index contributed by atoms with van der Waals surface area (Å²) in [7, 11) is 3.82. The van der Waals surface area contributed by atoms with Crippen LogP contribution in [0.25, 0.3) is 0 Å². The van der Waals surface area contributed by atoms with E-state index in [-0.39, 0.29) is 6.10 Å². The lowest BCUT2D eigenvalue weighted by Crippen LogP contribution is -2.38. The zero-order chi connectivity index (χ0) is 9.68. The molecule has 0 aromatic heterocycles. The van der Waals surface area contributed by atoms with Crippen LogP contribution in [0.5, 0.6) is 0 Å². The van der Waals surface area contributed by atoms with E-state index >= 15 is 0 Å². The van der Waals surface area contributed by atoms with E-state index in [1.54, 1.807) is 7.11 Å². The first-order valence-corrected chi connectivity index (χ1v) is 4.93. The van der Waals surface area contributed by atoms with Gasteiger partial charge < -0.3 is 14.4 Å². The first-order valence-electron chi connectivity index (χ1n) is 4.93. The van der Waals surface area contributed by atoms with Crippen LogP contribution < -0.4 is 0 Å². The number of carbonyl (C=O) groups excluding carboxylic acids is 1. The van der Waals surface area contributed by atoms with Crippen LogP contribution in [0.15, 0.2) is 0 Å². The van der Waals surface area contributed by atoms with E-state index in [4.69, 9.17) is 4.74 Å². The van der Waals surface area contributed by atoms with Crippen molar-refractivity contribution >= 4 is 6.29 Å². The maximum atomic E-state index is 10.4. The highest BCUT2D eigenvalue weighted by atomic mass is 16.5. The predicted molar refractivity (Wildman–Crippen MR) is 51.7 cm³/mol. The Labute approximate surface area is 80.1 Å². The van der Waals surface area contributed by atoms with Crippen molar-refractivity contribution < 1.29 is 9.53 Å². The van der Waals surface area contributed by atoms with Crippen LogP contribution in [0.3, 0.4) is 0 Å². The molecule has 0 spiro atoms. The van der Waals surface area contributed by atoms with Gasteiger partial charge >= 0.3 is 0 Å². The van der Waals surface area contributed by atoms with Crippen molar-refractivity contribution in [2.75, 3.05) is 27.2 Å². The number of hydrogen-bond acceptors (Lipinski definition) is 3. The van der Waals surface area contributed by atoms with Crippen LogP contribution >= 0.6 is 0 Å². The fourth-order valence-electron chi connectivity index (χ4n) is 2.09. The molecule has 0 N–H and O–H groups in total. The van der Waals surface area contributed by atoms with Crippen LogP contribution in [0.4, 0.5) is 0 Å². The molecule has 1 heterocycles. The molecule has 1 rings (SSSR count). The van der Waals surface area contributed by atoms with E-state index < -0.39 is 0 Å². The molecule has 1 saturated heterocycles. The summed E-state index contributed by atoms with van der Waals surface area (Å²) < 4.78 is 5.32. The van der Waals surface area contributed by atoms with E-state index in [0.717, 1.165) is 12.8 Å². The molecule has 0 radical (unpaired) electrons. The molecule has 0 aromatic carbocycles. The minimum atomic E-state index is 0.125. The molecule has 13 heavy (non-hydrogen) atoms. The number of methoxy groups -OCH3 is 1. The zero-order valence-electron chi connectivity index (χ0n) is 8.53. The Bertz CT molecular complexity index is 161. The number of ether oxygens (including phenoxy) is 1.